The lowest BCUT2D eigenvalue weighted by molar-refractivity contribution is 0.0692. The van der Waals surface area contributed by atoms with Crippen LogP contribution in [0.4, 0.5) is 0 Å². The van der Waals surface area contributed by atoms with E-state index < -0.39 is 0 Å². The molecule has 1 heterocycles. The van der Waals surface area contributed by atoms with Crippen LogP contribution in [-0.4, -0.2) is 30.4 Å². The molecule has 0 radical (unpaired) electrons. The fraction of sp³-hybridized carbons (Fsp3) is 0.500. The summed E-state index contributed by atoms with van der Waals surface area (Å²) in [5.41, 5.74) is 7.24. The van der Waals surface area contributed by atoms with Crippen LogP contribution in [0.5, 0.6) is 0 Å². The molecule has 0 aromatic heterocycles. The van der Waals surface area contributed by atoms with Crippen molar-refractivity contribution >= 4 is 29.9 Å². The SMILES string of the molecule is Cc1c(Cl)cccc1C(=O)N1CCC(CN)CC1.Cl. The Morgan fingerprint density at radius 1 is 1.42 bits per heavy atom. The van der Waals surface area contributed by atoms with Crippen molar-refractivity contribution < 1.29 is 4.79 Å². The largest absolute Gasteiger partial charge is 0.339 e. The number of benzene rings is 1. The van der Waals surface area contributed by atoms with Crippen molar-refractivity contribution in [1.82, 2.24) is 4.90 Å². The van der Waals surface area contributed by atoms with Crippen LogP contribution >= 0.6 is 24.0 Å². The molecule has 0 unspecified atom stereocenters. The first-order valence-corrected chi connectivity index (χ1v) is 6.75. The molecule has 1 saturated heterocycles. The topological polar surface area (TPSA) is 46.3 Å². The highest BCUT2D eigenvalue weighted by molar-refractivity contribution is 6.31. The van der Waals surface area contributed by atoms with Crippen LogP contribution < -0.4 is 5.73 Å². The standard InChI is InChI=1S/C14H19ClN2O.ClH/c1-10-12(3-2-4-13(10)15)14(18)17-7-5-11(9-16)6-8-17;/h2-4,11H,5-9,16H2,1H3;1H. The second-order valence-electron chi connectivity index (χ2n) is 4.88. The fourth-order valence-electron chi connectivity index (χ4n) is 2.38. The maximum absolute atomic E-state index is 12.4. The van der Waals surface area contributed by atoms with Crippen LogP contribution in [0.25, 0.3) is 0 Å². The van der Waals surface area contributed by atoms with Gasteiger partial charge < -0.3 is 10.6 Å². The third-order valence-electron chi connectivity index (χ3n) is 3.73. The van der Waals surface area contributed by atoms with Crippen LogP contribution in [0.1, 0.15) is 28.8 Å². The van der Waals surface area contributed by atoms with Crippen molar-refractivity contribution in [3.63, 3.8) is 0 Å². The summed E-state index contributed by atoms with van der Waals surface area (Å²) >= 11 is 6.06. The van der Waals surface area contributed by atoms with Crippen molar-refractivity contribution in [2.24, 2.45) is 11.7 Å². The van der Waals surface area contributed by atoms with E-state index >= 15 is 0 Å². The predicted octanol–water partition coefficient (Wildman–Crippen LogP) is 2.88. The normalized spacial score (nSPS) is 16.1. The highest BCUT2D eigenvalue weighted by Gasteiger charge is 2.24. The lowest BCUT2D eigenvalue weighted by Gasteiger charge is -2.31. The highest BCUT2D eigenvalue weighted by atomic mass is 35.5. The summed E-state index contributed by atoms with van der Waals surface area (Å²) in [5, 5.41) is 0.651. The summed E-state index contributed by atoms with van der Waals surface area (Å²) in [4.78, 5) is 14.3. The molecule has 3 nitrogen and oxygen atoms in total. The van der Waals surface area contributed by atoms with E-state index in [0.29, 0.717) is 16.5 Å². The molecule has 0 bridgehead atoms. The van der Waals surface area contributed by atoms with Gasteiger partial charge in [0.15, 0.2) is 0 Å². The Bertz CT molecular complexity index is 443. The van der Waals surface area contributed by atoms with Gasteiger partial charge in [-0.1, -0.05) is 17.7 Å². The zero-order chi connectivity index (χ0) is 13.1. The van der Waals surface area contributed by atoms with Gasteiger partial charge in [-0.3, -0.25) is 4.79 Å². The number of nitrogens with two attached hydrogens (primary N) is 1. The Morgan fingerprint density at radius 3 is 2.63 bits per heavy atom. The first-order valence-electron chi connectivity index (χ1n) is 6.38. The quantitative estimate of drug-likeness (QED) is 0.913. The monoisotopic (exact) mass is 302 g/mol. The van der Waals surface area contributed by atoms with Gasteiger partial charge in [0, 0.05) is 23.7 Å². The molecule has 0 atom stereocenters. The molecular weight excluding hydrogens is 283 g/mol. The van der Waals surface area contributed by atoms with E-state index in [0.717, 1.165) is 38.0 Å². The minimum absolute atomic E-state index is 0. The Hall–Kier alpha value is -0.770. The van der Waals surface area contributed by atoms with Crippen molar-refractivity contribution in [3.05, 3.63) is 34.3 Å². The summed E-state index contributed by atoms with van der Waals surface area (Å²) in [7, 11) is 0. The first-order chi connectivity index (χ1) is 8.63. The summed E-state index contributed by atoms with van der Waals surface area (Å²) < 4.78 is 0. The second kappa shape index (κ2) is 7.13. The molecule has 0 aliphatic carbocycles. The smallest absolute Gasteiger partial charge is 0.254 e. The van der Waals surface area contributed by atoms with E-state index in [-0.39, 0.29) is 18.3 Å². The Balaban J connectivity index is 0.00000180. The number of hydrogen-bond acceptors (Lipinski definition) is 2. The second-order valence-corrected chi connectivity index (χ2v) is 5.29. The van der Waals surface area contributed by atoms with Gasteiger partial charge in [-0.2, -0.15) is 0 Å². The van der Waals surface area contributed by atoms with Gasteiger partial charge in [0.05, 0.1) is 0 Å². The molecule has 1 aromatic rings. The molecule has 0 spiro atoms. The van der Waals surface area contributed by atoms with Gasteiger partial charge in [0.1, 0.15) is 0 Å². The third-order valence-corrected chi connectivity index (χ3v) is 4.14. The summed E-state index contributed by atoms with van der Waals surface area (Å²) in [5.74, 6) is 0.653. The number of halogens is 2. The molecular formula is C14H20Cl2N2O. The molecule has 2 rings (SSSR count). The molecule has 1 aliphatic heterocycles. The van der Waals surface area contributed by atoms with Gasteiger partial charge in [-0.15, -0.1) is 12.4 Å². The van der Waals surface area contributed by atoms with E-state index in [1.807, 2.05) is 30.0 Å². The molecule has 19 heavy (non-hydrogen) atoms. The summed E-state index contributed by atoms with van der Waals surface area (Å²) in [6.07, 6.45) is 2.00. The Kier molecular flexibility index (Phi) is 6.11. The minimum Gasteiger partial charge on any atom is -0.339 e. The van der Waals surface area contributed by atoms with E-state index in [2.05, 4.69) is 0 Å². The van der Waals surface area contributed by atoms with Gasteiger partial charge in [0.25, 0.3) is 5.91 Å². The van der Waals surface area contributed by atoms with Gasteiger partial charge >= 0.3 is 0 Å². The summed E-state index contributed by atoms with van der Waals surface area (Å²) in [6, 6.07) is 5.49. The van der Waals surface area contributed by atoms with E-state index in [9.17, 15) is 4.79 Å². The number of hydrogen-bond donors (Lipinski definition) is 1. The maximum atomic E-state index is 12.4. The third kappa shape index (κ3) is 3.62. The average Bonchev–Trinajstić information content (AvgIpc) is 2.41. The van der Waals surface area contributed by atoms with Gasteiger partial charge in [-0.25, -0.2) is 0 Å². The molecule has 1 aliphatic rings. The van der Waals surface area contributed by atoms with Crippen LogP contribution in [-0.2, 0) is 0 Å². The number of rotatable bonds is 2. The number of likely N-dealkylation sites (tertiary alicyclic amines) is 1. The first kappa shape index (κ1) is 16.3. The Morgan fingerprint density at radius 2 is 2.05 bits per heavy atom. The number of carbonyl (C=O) groups is 1. The number of amides is 1. The number of carbonyl (C=O) groups excluding carboxylic acids is 1. The molecule has 1 amide bonds. The molecule has 1 aromatic carbocycles. The number of nitrogens with zero attached hydrogens (tertiary/aromatic N) is 1. The Labute approximate surface area is 125 Å². The van der Waals surface area contributed by atoms with E-state index in [4.69, 9.17) is 17.3 Å². The zero-order valence-corrected chi connectivity index (χ0v) is 12.6. The van der Waals surface area contributed by atoms with Crippen molar-refractivity contribution in [2.75, 3.05) is 19.6 Å². The summed E-state index contributed by atoms with van der Waals surface area (Å²) in [6.45, 7) is 4.21. The van der Waals surface area contributed by atoms with Gasteiger partial charge in [0.2, 0.25) is 0 Å². The molecule has 2 N–H and O–H groups in total. The van der Waals surface area contributed by atoms with Crippen molar-refractivity contribution in [2.45, 2.75) is 19.8 Å². The molecule has 106 valence electrons. The van der Waals surface area contributed by atoms with E-state index in [1.165, 1.54) is 0 Å². The van der Waals surface area contributed by atoms with Crippen LogP contribution in [0.3, 0.4) is 0 Å². The van der Waals surface area contributed by atoms with Crippen LogP contribution in [0.2, 0.25) is 5.02 Å². The fourth-order valence-corrected chi connectivity index (χ4v) is 2.56. The average molecular weight is 303 g/mol. The molecule has 5 heteroatoms. The lowest BCUT2D eigenvalue weighted by Crippen LogP contribution is -2.40. The number of piperidine rings is 1. The molecule has 0 saturated carbocycles. The highest BCUT2D eigenvalue weighted by Crippen LogP contribution is 2.23. The van der Waals surface area contributed by atoms with Crippen LogP contribution in [0.15, 0.2) is 18.2 Å². The zero-order valence-electron chi connectivity index (χ0n) is 11.1. The van der Waals surface area contributed by atoms with Crippen LogP contribution in [0, 0.1) is 12.8 Å². The van der Waals surface area contributed by atoms with Crippen molar-refractivity contribution in [3.8, 4) is 0 Å². The lowest BCUT2D eigenvalue weighted by atomic mass is 9.96. The maximum Gasteiger partial charge on any atom is 0.254 e. The van der Waals surface area contributed by atoms with Gasteiger partial charge in [-0.05, 0) is 49.9 Å². The van der Waals surface area contributed by atoms with Crippen molar-refractivity contribution in [1.29, 1.82) is 0 Å². The molecule has 1 fully saturated rings. The van der Waals surface area contributed by atoms with E-state index in [1.54, 1.807) is 0 Å². The predicted molar refractivity (Wildman–Crippen MR) is 81.1 cm³/mol. The minimum atomic E-state index is 0.